The molecule has 2 aliphatic rings. The molecule has 0 amide bonds. The van der Waals surface area contributed by atoms with Gasteiger partial charge in [0.15, 0.2) is 0 Å². The first-order valence-corrected chi connectivity index (χ1v) is 10.7. The summed E-state index contributed by atoms with van der Waals surface area (Å²) in [5.41, 5.74) is 8.57. The molecule has 1 unspecified atom stereocenters. The number of hydrogen-bond donors (Lipinski definition) is 3. The van der Waals surface area contributed by atoms with Crippen molar-refractivity contribution in [1.82, 2.24) is 19.9 Å². The van der Waals surface area contributed by atoms with Crippen LogP contribution in [0.25, 0.3) is 21.9 Å². The molecule has 0 radical (unpaired) electrons. The van der Waals surface area contributed by atoms with Gasteiger partial charge in [-0.3, -0.25) is 0 Å². The molecule has 1 spiro atoms. The van der Waals surface area contributed by atoms with Crippen LogP contribution in [0.2, 0.25) is 0 Å². The zero-order valence-corrected chi connectivity index (χ0v) is 17.9. The number of ether oxygens (including phenoxy) is 1. The van der Waals surface area contributed by atoms with Gasteiger partial charge in [0.2, 0.25) is 0 Å². The monoisotopic (exact) mass is 444 g/mol. The lowest BCUT2D eigenvalue weighted by Gasteiger charge is -2.19. The first-order chi connectivity index (χ1) is 16.0. The van der Waals surface area contributed by atoms with Gasteiger partial charge in [-0.05, 0) is 37.1 Å². The van der Waals surface area contributed by atoms with Crippen LogP contribution < -0.4 is 20.7 Å². The highest BCUT2D eigenvalue weighted by Crippen LogP contribution is 2.53. The Morgan fingerprint density at radius 1 is 1.36 bits per heavy atom. The van der Waals surface area contributed by atoms with Gasteiger partial charge in [-0.25, -0.2) is 9.37 Å². The van der Waals surface area contributed by atoms with E-state index in [9.17, 15) is 4.39 Å². The minimum absolute atomic E-state index is 0.128. The maximum Gasteiger partial charge on any atom is 0.326 e. The van der Waals surface area contributed by atoms with E-state index in [2.05, 4.69) is 25.2 Å². The molecular formula is C23H21FN8O. The van der Waals surface area contributed by atoms with Crippen LogP contribution in [0.1, 0.15) is 18.5 Å². The number of nitrogens with one attached hydrogen (secondary N) is 2. The fourth-order valence-electron chi connectivity index (χ4n) is 4.83. The summed E-state index contributed by atoms with van der Waals surface area (Å²) in [5.74, 6) is 0.760. The Hall–Kier alpha value is -3.97. The highest BCUT2D eigenvalue weighted by atomic mass is 19.1. The van der Waals surface area contributed by atoms with E-state index in [0.717, 1.165) is 36.8 Å². The minimum Gasteiger partial charge on any atom is -0.423 e. The fourth-order valence-corrected chi connectivity index (χ4v) is 4.83. The third-order valence-electron chi connectivity index (χ3n) is 6.75. The Bertz CT molecular complexity index is 1440. The lowest BCUT2D eigenvalue weighted by Crippen LogP contribution is -2.24. The molecular weight excluding hydrogens is 423 g/mol. The lowest BCUT2D eigenvalue weighted by molar-refractivity contribution is 0.442. The predicted molar refractivity (Wildman–Crippen MR) is 122 cm³/mol. The second-order valence-electron chi connectivity index (χ2n) is 8.74. The van der Waals surface area contributed by atoms with E-state index in [4.69, 9.17) is 20.7 Å². The number of rotatable bonds is 4. The average Bonchev–Trinajstić information content (AvgIpc) is 3.13. The van der Waals surface area contributed by atoms with Crippen LogP contribution in [-0.4, -0.2) is 46.1 Å². The van der Waals surface area contributed by atoms with E-state index in [1.165, 1.54) is 18.3 Å². The number of nitrogens with two attached hydrogens (primary N) is 1. The molecule has 4 aromatic rings. The highest BCUT2D eigenvalue weighted by molar-refractivity contribution is 6.14. The topological polar surface area (TPSA) is 129 Å². The van der Waals surface area contributed by atoms with Crippen LogP contribution in [0, 0.1) is 22.6 Å². The van der Waals surface area contributed by atoms with E-state index >= 15 is 0 Å². The summed E-state index contributed by atoms with van der Waals surface area (Å²) < 4.78 is 20.3. The Balaban J connectivity index is 1.51. The lowest BCUT2D eigenvalue weighted by atomic mass is 10.1. The van der Waals surface area contributed by atoms with E-state index in [1.807, 2.05) is 6.07 Å². The molecule has 33 heavy (non-hydrogen) atoms. The number of nitriles is 1. The van der Waals surface area contributed by atoms with Crippen LogP contribution in [0.5, 0.6) is 11.8 Å². The van der Waals surface area contributed by atoms with Gasteiger partial charge >= 0.3 is 6.01 Å². The summed E-state index contributed by atoms with van der Waals surface area (Å²) in [7, 11) is 1.75. The molecule has 6 rings (SSSR count). The highest BCUT2D eigenvalue weighted by Gasteiger charge is 2.56. The molecule has 9 nitrogen and oxygen atoms in total. The van der Waals surface area contributed by atoms with Crippen LogP contribution in [0.3, 0.4) is 0 Å². The van der Waals surface area contributed by atoms with Crippen LogP contribution in [0.15, 0.2) is 30.5 Å². The van der Waals surface area contributed by atoms with Gasteiger partial charge in [0.25, 0.3) is 0 Å². The summed E-state index contributed by atoms with van der Waals surface area (Å²) in [6.45, 7) is 1.59. The van der Waals surface area contributed by atoms with Crippen molar-refractivity contribution in [1.29, 1.82) is 5.26 Å². The van der Waals surface area contributed by atoms with Crippen molar-refractivity contribution in [3.8, 4) is 17.8 Å². The predicted octanol–water partition coefficient (Wildman–Crippen LogP) is 3.28. The van der Waals surface area contributed by atoms with Crippen LogP contribution in [0.4, 0.5) is 15.9 Å². The van der Waals surface area contributed by atoms with Gasteiger partial charge in [-0.2, -0.15) is 15.2 Å². The van der Waals surface area contributed by atoms with Crippen molar-refractivity contribution in [2.45, 2.75) is 18.9 Å². The van der Waals surface area contributed by atoms with E-state index in [-0.39, 0.29) is 23.3 Å². The molecule has 0 bridgehead atoms. The van der Waals surface area contributed by atoms with E-state index < -0.39 is 0 Å². The summed E-state index contributed by atoms with van der Waals surface area (Å²) in [5, 5.41) is 13.5. The Labute approximate surface area is 188 Å². The van der Waals surface area contributed by atoms with Crippen LogP contribution >= 0.6 is 0 Å². The number of anilines is 2. The van der Waals surface area contributed by atoms with Crippen LogP contribution in [-0.2, 0) is 0 Å². The molecule has 4 heterocycles. The quantitative estimate of drug-likeness (QED) is 0.437. The first kappa shape index (κ1) is 19.7. The maximum absolute atomic E-state index is 14.4. The van der Waals surface area contributed by atoms with Gasteiger partial charge < -0.3 is 25.7 Å². The van der Waals surface area contributed by atoms with E-state index in [1.54, 1.807) is 19.2 Å². The van der Waals surface area contributed by atoms with Crippen molar-refractivity contribution in [3.63, 3.8) is 0 Å². The van der Waals surface area contributed by atoms with Gasteiger partial charge in [0.1, 0.15) is 34.8 Å². The minimum atomic E-state index is -0.343. The van der Waals surface area contributed by atoms with Crippen molar-refractivity contribution in [3.05, 3.63) is 42.0 Å². The van der Waals surface area contributed by atoms with Crippen molar-refractivity contribution >= 4 is 33.4 Å². The maximum atomic E-state index is 14.4. The third kappa shape index (κ3) is 3.12. The number of aromatic amines is 1. The van der Waals surface area contributed by atoms with Gasteiger partial charge in [0.05, 0.1) is 22.8 Å². The average molecular weight is 444 g/mol. The van der Waals surface area contributed by atoms with Crippen molar-refractivity contribution in [2.24, 2.45) is 11.1 Å². The number of aromatic nitrogens is 4. The number of halogens is 1. The molecule has 2 fully saturated rings. The Kier molecular flexibility index (Phi) is 4.19. The number of fused-ring (bicyclic) bond motifs is 3. The molecule has 166 valence electrons. The molecule has 1 aliphatic heterocycles. The number of nitrogens with zero attached hydrogens (tertiary/aromatic N) is 5. The smallest absolute Gasteiger partial charge is 0.326 e. The van der Waals surface area contributed by atoms with Gasteiger partial charge in [0, 0.05) is 37.0 Å². The van der Waals surface area contributed by atoms with E-state index in [0.29, 0.717) is 34.0 Å². The molecule has 10 heteroatoms. The molecule has 1 saturated heterocycles. The molecule has 4 N–H and O–H groups in total. The number of H-pyrrole nitrogens is 1. The van der Waals surface area contributed by atoms with Gasteiger partial charge in [-0.15, -0.1) is 0 Å². The number of benzene rings is 1. The Morgan fingerprint density at radius 2 is 2.21 bits per heavy atom. The molecule has 1 aromatic carbocycles. The largest absolute Gasteiger partial charge is 0.423 e. The van der Waals surface area contributed by atoms with Gasteiger partial charge in [-0.1, -0.05) is 0 Å². The molecule has 1 saturated carbocycles. The summed E-state index contributed by atoms with van der Waals surface area (Å²) >= 11 is 0. The third-order valence-corrected chi connectivity index (χ3v) is 6.75. The zero-order chi connectivity index (χ0) is 22.7. The zero-order valence-electron chi connectivity index (χ0n) is 17.9. The summed E-state index contributed by atoms with van der Waals surface area (Å²) in [6, 6.07) is 8.48. The molecule has 3 aromatic heterocycles. The summed E-state index contributed by atoms with van der Waals surface area (Å²) in [4.78, 5) is 18.8. The first-order valence-electron chi connectivity index (χ1n) is 10.7. The number of pyridine rings is 1. The fraction of sp³-hybridized carbons (Fsp3) is 0.304. The normalized spacial score (nSPS) is 21.6. The molecule has 2 atom stereocenters. The summed E-state index contributed by atoms with van der Waals surface area (Å²) in [6.07, 6.45) is 3.46. The second kappa shape index (κ2) is 7.02. The van der Waals surface area contributed by atoms with Crippen molar-refractivity contribution in [2.75, 3.05) is 30.4 Å². The van der Waals surface area contributed by atoms with Crippen molar-refractivity contribution < 1.29 is 9.13 Å². The SMILES string of the molecule is CNc1cc(F)cc2c1[nH]c1nc(Oc3ccc(C#N)nc3)nc(N3CCC4(C[C@@H]4N)C3)c12. The number of hydrogen-bond acceptors (Lipinski definition) is 8. The second-order valence-corrected chi connectivity index (χ2v) is 8.74. The Morgan fingerprint density at radius 3 is 2.88 bits per heavy atom. The molecule has 1 aliphatic carbocycles. The standard InChI is InChI=1S/C23H21FN8O/c1-27-16-7-12(24)6-15-18-20(29-19(15)16)30-22(33-14-3-2-13(9-25)28-10-14)31-21(18)32-5-4-23(11-32)8-17(23)26/h2-3,6-7,10,17,27H,4-5,8,11,26H2,1H3,(H,29,30,31)/t17-,23?/m0/s1.